The lowest BCUT2D eigenvalue weighted by atomic mass is 10.5. The average molecular weight is 311 g/mol. The number of aromatic nitrogens is 1. The highest BCUT2D eigenvalue weighted by atomic mass is 35.5. The maximum atomic E-state index is 12.3. The van der Waals surface area contributed by atoms with Gasteiger partial charge in [-0.1, -0.05) is 0 Å². The summed E-state index contributed by atoms with van der Waals surface area (Å²) in [5.41, 5.74) is 0.830. The van der Waals surface area contributed by atoms with Gasteiger partial charge in [0.2, 0.25) is 10.0 Å². The summed E-state index contributed by atoms with van der Waals surface area (Å²) in [4.78, 5) is 0.323. The van der Waals surface area contributed by atoms with Crippen LogP contribution in [0.4, 0.5) is 0 Å². The zero-order valence-electron chi connectivity index (χ0n) is 10.9. The molecule has 104 valence electrons. The van der Waals surface area contributed by atoms with Gasteiger partial charge in [-0.05, 0) is 19.2 Å². The molecule has 0 radical (unpaired) electrons. The summed E-state index contributed by atoms with van der Waals surface area (Å²) >= 11 is 7.43. The average Bonchev–Trinajstić information content (AvgIpc) is 2.79. The Morgan fingerprint density at radius 3 is 2.61 bits per heavy atom. The van der Waals surface area contributed by atoms with Crippen molar-refractivity contribution in [2.45, 2.75) is 24.2 Å². The molecule has 1 aromatic rings. The van der Waals surface area contributed by atoms with Crippen molar-refractivity contribution in [1.82, 2.24) is 8.87 Å². The van der Waals surface area contributed by atoms with Crippen molar-refractivity contribution >= 4 is 33.4 Å². The Hall–Kier alpha value is -0.170. The van der Waals surface area contributed by atoms with E-state index in [9.17, 15) is 8.42 Å². The molecule has 0 aromatic carbocycles. The van der Waals surface area contributed by atoms with E-state index in [-0.39, 0.29) is 0 Å². The van der Waals surface area contributed by atoms with Crippen LogP contribution >= 0.6 is 23.4 Å². The molecule has 0 bridgehead atoms. The van der Waals surface area contributed by atoms with Crippen LogP contribution in [0.2, 0.25) is 0 Å². The number of thioether (sulfide) groups is 1. The molecule has 4 nitrogen and oxygen atoms in total. The van der Waals surface area contributed by atoms with Crippen molar-refractivity contribution < 1.29 is 8.42 Å². The largest absolute Gasteiger partial charge is 0.349 e. The number of nitrogens with zero attached hydrogens (tertiary/aromatic N) is 2. The minimum absolute atomic E-state index is 0.317. The van der Waals surface area contributed by atoms with E-state index in [1.165, 1.54) is 4.31 Å². The van der Waals surface area contributed by atoms with Crippen molar-refractivity contribution in [2.24, 2.45) is 0 Å². The molecule has 0 aliphatic rings. The summed E-state index contributed by atoms with van der Waals surface area (Å²) in [6, 6.07) is 1.65. The Morgan fingerprint density at radius 1 is 1.50 bits per heavy atom. The van der Waals surface area contributed by atoms with E-state index < -0.39 is 10.0 Å². The van der Waals surface area contributed by atoms with E-state index in [2.05, 4.69) is 0 Å². The van der Waals surface area contributed by atoms with Gasteiger partial charge in [0, 0.05) is 37.8 Å². The Kier molecular flexibility index (Phi) is 6.04. The van der Waals surface area contributed by atoms with Gasteiger partial charge in [0.1, 0.15) is 4.90 Å². The van der Waals surface area contributed by atoms with E-state index >= 15 is 0 Å². The molecule has 0 N–H and O–H groups in total. The first kappa shape index (κ1) is 15.9. The van der Waals surface area contributed by atoms with Gasteiger partial charge in [-0.25, -0.2) is 12.7 Å². The molecule has 0 atom stereocenters. The SMILES string of the molecule is CCn1cc(S(=O)(=O)N(C)CCSC)cc1CCl. The molecule has 0 unspecified atom stereocenters. The van der Waals surface area contributed by atoms with Crippen LogP contribution in [0, 0.1) is 0 Å². The highest BCUT2D eigenvalue weighted by Crippen LogP contribution is 2.19. The number of hydrogen-bond acceptors (Lipinski definition) is 3. The second kappa shape index (κ2) is 6.84. The second-order valence-corrected chi connectivity index (χ2v) is 7.20. The molecule has 1 aromatic heterocycles. The van der Waals surface area contributed by atoms with Gasteiger partial charge < -0.3 is 4.57 Å². The molecule has 1 rings (SSSR count). The van der Waals surface area contributed by atoms with Crippen molar-refractivity contribution in [2.75, 3.05) is 25.6 Å². The van der Waals surface area contributed by atoms with Gasteiger partial charge in [0.15, 0.2) is 0 Å². The fraction of sp³-hybridized carbons (Fsp3) is 0.636. The van der Waals surface area contributed by atoms with Crippen LogP contribution in [0.1, 0.15) is 12.6 Å². The van der Waals surface area contributed by atoms with E-state index in [1.54, 1.807) is 31.1 Å². The van der Waals surface area contributed by atoms with Gasteiger partial charge in [-0.15, -0.1) is 11.6 Å². The Morgan fingerprint density at radius 2 is 2.17 bits per heavy atom. The molecule has 0 saturated heterocycles. The fourth-order valence-electron chi connectivity index (χ4n) is 1.59. The highest BCUT2D eigenvalue weighted by Gasteiger charge is 2.22. The molecule has 0 fully saturated rings. The molecule has 0 spiro atoms. The molecule has 0 saturated carbocycles. The van der Waals surface area contributed by atoms with Crippen LogP contribution in [0.15, 0.2) is 17.2 Å². The monoisotopic (exact) mass is 310 g/mol. The lowest BCUT2D eigenvalue weighted by Crippen LogP contribution is -2.28. The molecule has 1 heterocycles. The van der Waals surface area contributed by atoms with Gasteiger partial charge in [0.25, 0.3) is 0 Å². The van der Waals surface area contributed by atoms with Gasteiger partial charge in [-0.2, -0.15) is 11.8 Å². The maximum absolute atomic E-state index is 12.3. The lowest BCUT2D eigenvalue weighted by molar-refractivity contribution is 0.488. The summed E-state index contributed by atoms with van der Waals surface area (Å²) in [5, 5.41) is 0. The number of alkyl halides is 1. The molecule has 0 aliphatic heterocycles. The van der Waals surface area contributed by atoms with Crippen molar-refractivity contribution in [3.8, 4) is 0 Å². The number of halogens is 1. The Balaban J connectivity index is 3.01. The van der Waals surface area contributed by atoms with Gasteiger partial charge >= 0.3 is 0 Å². The van der Waals surface area contributed by atoms with Gasteiger partial charge in [-0.3, -0.25) is 0 Å². The molecule has 7 heteroatoms. The van der Waals surface area contributed by atoms with E-state index in [0.29, 0.717) is 23.9 Å². The van der Waals surface area contributed by atoms with Crippen LogP contribution in [0.25, 0.3) is 0 Å². The predicted molar refractivity (Wildman–Crippen MR) is 77.9 cm³/mol. The third-order valence-corrected chi connectivity index (χ3v) is 5.44. The van der Waals surface area contributed by atoms with E-state index in [0.717, 1.165) is 11.4 Å². The normalized spacial score (nSPS) is 12.3. The van der Waals surface area contributed by atoms with Crippen LogP contribution in [0.5, 0.6) is 0 Å². The summed E-state index contributed by atoms with van der Waals surface area (Å²) in [6.45, 7) is 3.19. The topological polar surface area (TPSA) is 42.3 Å². The van der Waals surface area contributed by atoms with Crippen LogP contribution in [-0.4, -0.2) is 42.9 Å². The lowest BCUT2D eigenvalue weighted by Gasteiger charge is -2.15. The molecule has 18 heavy (non-hydrogen) atoms. The molecular weight excluding hydrogens is 292 g/mol. The zero-order chi connectivity index (χ0) is 13.8. The third-order valence-electron chi connectivity index (χ3n) is 2.76. The van der Waals surface area contributed by atoms with Crippen molar-refractivity contribution in [3.05, 3.63) is 18.0 Å². The summed E-state index contributed by atoms with van der Waals surface area (Å²) < 4.78 is 27.8. The predicted octanol–water partition coefficient (Wildman–Crippen LogP) is 2.23. The summed E-state index contributed by atoms with van der Waals surface area (Å²) in [7, 11) is -1.79. The maximum Gasteiger partial charge on any atom is 0.244 e. The first-order valence-electron chi connectivity index (χ1n) is 5.67. The standard InChI is InChI=1S/C11H19ClN2O2S2/c1-4-14-9-11(7-10(14)8-12)18(15,16)13(2)5-6-17-3/h7,9H,4-6,8H2,1-3H3. The van der Waals surface area contributed by atoms with Gasteiger partial charge in [0.05, 0.1) is 5.88 Å². The van der Waals surface area contributed by atoms with Crippen molar-refractivity contribution in [1.29, 1.82) is 0 Å². The quantitative estimate of drug-likeness (QED) is 0.725. The Bertz CT molecular complexity index is 464. The summed E-state index contributed by atoms with van der Waals surface area (Å²) in [6.07, 6.45) is 3.61. The first-order chi connectivity index (χ1) is 8.47. The van der Waals surface area contributed by atoms with Crippen LogP contribution in [-0.2, 0) is 22.4 Å². The zero-order valence-corrected chi connectivity index (χ0v) is 13.3. The number of sulfonamides is 1. The number of rotatable bonds is 7. The molecular formula is C11H19ClN2O2S2. The summed E-state index contributed by atoms with van der Waals surface area (Å²) in [5.74, 6) is 1.10. The minimum Gasteiger partial charge on any atom is -0.349 e. The van der Waals surface area contributed by atoms with E-state index in [4.69, 9.17) is 11.6 Å². The minimum atomic E-state index is -3.39. The van der Waals surface area contributed by atoms with Crippen LogP contribution in [0.3, 0.4) is 0 Å². The Labute approximate surface area is 118 Å². The highest BCUT2D eigenvalue weighted by molar-refractivity contribution is 7.98. The fourth-order valence-corrected chi connectivity index (χ4v) is 3.63. The van der Waals surface area contributed by atoms with Crippen LogP contribution < -0.4 is 0 Å². The second-order valence-electron chi connectivity index (χ2n) is 3.91. The molecule has 0 aliphatic carbocycles. The smallest absolute Gasteiger partial charge is 0.244 e. The van der Waals surface area contributed by atoms with Crippen molar-refractivity contribution in [3.63, 3.8) is 0 Å². The third kappa shape index (κ3) is 3.44. The first-order valence-corrected chi connectivity index (χ1v) is 9.04. The number of hydrogen-bond donors (Lipinski definition) is 0. The number of aryl methyl sites for hydroxylation is 1. The van der Waals surface area contributed by atoms with E-state index in [1.807, 2.05) is 17.7 Å². The molecule has 0 amide bonds.